The summed E-state index contributed by atoms with van der Waals surface area (Å²) in [5, 5.41) is 11.0. The van der Waals surface area contributed by atoms with Crippen LogP contribution in [0.1, 0.15) is 120 Å². The number of hydrogen-bond donors (Lipinski definition) is 1. The standard InChI is InChI=1S/C38H63NO5/c1-22(2)32(40)25-18-24(5)31-26(43-25)19-36(9)28-11-10-27-34(6,7)29(44-30-20-39(16-17-42-30)33(41)23(3)4)12-13-37(27)21-38(28,37)15-14-35(31,36)8/h22-32,40H,10-21H2,1-9H3/t24-,25?,26?,27?,28?,29?,30?,31?,32?,35?,36+,37?,38?/m1/s1. The second-order valence-electron chi connectivity index (χ2n) is 18.6. The smallest absolute Gasteiger partial charge is 0.225 e. The van der Waals surface area contributed by atoms with Gasteiger partial charge in [-0.15, -0.1) is 0 Å². The van der Waals surface area contributed by atoms with Crippen LogP contribution in [-0.2, 0) is 19.0 Å². The van der Waals surface area contributed by atoms with Crippen LogP contribution >= 0.6 is 0 Å². The van der Waals surface area contributed by atoms with E-state index >= 15 is 0 Å². The fourth-order valence-corrected chi connectivity index (χ4v) is 13.7. The van der Waals surface area contributed by atoms with E-state index < -0.39 is 0 Å². The molecule has 44 heavy (non-hydrogen) atoms. The van der Waals surface area contributed by atoms with E-state index in [1.165, 1.54) is 44.9 Å². The fraction of sp³-hybridized carbons (Fsp3) is 0.974. The van der Waals surface area contributed by atoms with E-state index in [1.54, 1.807) is 0 Å². The molecule has 0 aromatic carbocycles. The van der Waals surface area contributed by atoms with E-state index in [0.717, 1.165) is 18.8 Å². The molecule has 1 N–H and O–H groups in total. The summed E-state index contributed by atoms with van der Waals surface area (Å²) in [5.41, 5.74) is 1.62. The molecule has 0 bridgehead atoms. The van der Waals surface area contributed by atoms with Gasteiger partial charge in [0.1, 0.15) is 0 Å². The Morgan fingerprint density at radius 2 is 1.66 bits per heavy atom. The number of ether oxygens (including phenoxy) is 3. The number of hydrogen-bond acceptors (Lipinski definition) is 5. The van der Waals surface area contributed by atoms with Gasteiger partial charge in [-0.2, -0.15) is 0 Å². The number of amides is 1. The number of aliphatic hydroxyl groups is 1. The third-order valence-corrected chi connectivity index (χ3v) is 15.9. The minimum Gasteiger partial charge on any atom is -0.390 e. The molecule has 6 heteroatoms. The van der Waals surface area contributed by atoms with Crippen LogP contribution in [0.4, 0.5) is 0 Å². The molecule has 7 fully saturated rings. The van der Waals surface area contributed by atoms with Crippen molar-refractivity contribution in [2.24, 2.45) is 62.6 Å². The van der Waals surface area contributed by atoms with E-state index in [-0.39, 0.29) is 53.9 Å². The summed E-state index contributed by atoms with van der Waals surface area (Å²) < 4.78 is 19.8. The second kappa shape index (κ2) is 10.4. The Morgan fingerprint density at radius 1 is 0.955 bits per heavy atom. The zero-order valence-corrected chi connectivity index (χ0v) is 29.4. The molecule has 6 nitrogen and oxygen atoms in total. The molecule has 5 saturated carbocycles. The van der Waals surface area contributed by atoms with Crippen LogP contribution in [0, 0.1) is 62.6 Å². The highest BCUT2D eigenvalue weighted by molar-refractivity contribution is 5.78. The van der Waals surface area contributed by atoms with Crippen molar-refractivity contribution in [1.82, 2.24) is 4.90 Å². The van der Waals surface area contributed by atoms with Crippen molar-refractivity contribution in [3.8, 4) is 0 Å². The molecular formula is C38H63NO5. The molecule has 11 unspecified atom stereocenters. The lowest BCUT2D eigenvalue weighted by atomic mass is 9.41. The number of fused-ring (bicyclic) bond motifs is 4. The number of carbonyl (C=O) groups excluding carboxylic acids is 1. The van der Waals surface area contributed by atoms with Crippen molar-refractivity contribution in [2.75, 3.05) is 19.7 Å². The van der Waals surface area contributed by atoms with Gasteiger partial charge in [0.05, 0.1) is 37.6 Å². The lowest BCUT2D eigenvalue weighted by Crippen LogP contribution is -2.59. The van der Waals surface area contributed by atoms with Crippen LogP contribution in [0.2, 0.25) is 0 Å². The Balaban J connectivity index is 1.09. The molecule has 0 radical (unpaired) electrons. The molecule has 2 spiro atoms. The fourth-order valence-electron chi connectivity index (χ4n) is 13.7. The van der Waals surface area contributed by atoms with Crippen LogP contribution in [0.25, 0.3) is 0 Å². The van der Waals surface area contributed by atoms with E-state index in [1.807, 2.05) is 18.7 Å². The van der Waals surface area contributed by atoms with Crippen LogP contribution in [0.15, 0.2) is 0 Å². The predicted molar refractivity (Wildman–Crippen MR) is 172 cm³/mol. The SMILES string of the molecule is CC(C)C(=O)N1CCOC(OC2CCC34CC35CCC3(C)C6C(C[C@@]3(C)C5CCC4C2(C)C)OC(C(O)C(C)C)C[C@H]6C)C1. The Hall–Kier alpha value is -0.690. The van der Waals surface area contributed by atoms with Crippen LogP contribution < -0.4 is 0 Å². The molecule has 7 rings (SSSR count). The summed E-state index contributed by atoms with van der Waals surface area (Å²) in [6.07, 6.45) is 11.1. The third kappa shape index (κ3) is 4.21. The van der Waals surface area contributed by atoms with Crippen molar-refractivity contribution < 1.29 is 24.1 Å². The Kier molecular flexibility index (Phi) is 7.54. The third-order valence-electron chi connectivity index (χ3n) is 15.9. The van der Waals surface area contributed by atoms with Crippen molar-refractivity contribution in [3.63, 3.8) is 0 Å². The van der Waals surface area contributed by atoms with Crippen molar-refractivity contribution in [2.45, 2.75) is 151 Å². The van der Waals surface area contributed by atoms with Gasteiger partial charge in [0.25, 0.3) is 0 Å². The first-order valence-electron chi connectivity index (χ1n) is 18.5. The maximum absolute atomic E-state index is 12.7. The van der Waals surface area contributed by atoms with Gasteiger partial charge in [0.15, 0.2) is 6.29 Å². The molecule has 0 aromatic heterocycles. The first-order valence-corrected chi connectivity index (χ1v) is 18.5. The maximum Gasteiger partial charge on any atom is 0.225 e. The quantitative estimate of drug-likeness (QED) is 0.359. The average Bonchev–Trinajstić information content (AvgIpc) is 3.56. The highest BCUT2D eigenvalue weighted by atomic mass is 16.7. The molecule has 2 aliphatic heterocycles. The predicted octanol–water partition coefficient (Wildman–Crippen LogP) is 7.07. The summed E-state index contributed by atoms with van der Waals surface area (Å²) >= 11 is 0. The molecule has 250 valence electrons. The number of aliphatic hydroxyl groups excluding tert-OH is 1. The Bertz CT molecular complexity index is 1140. The Labute approximate surface area is 267 Å². The van der Waals surface area contributed by atoms with Gasteiger partial charge in [0.2, 0.25) is 5.91 Å². The van der Waals surface area contributed by atoms with E-state index in [9.17, 15) is 9.90 Å². The van der Waals surface area contributed by atoms with E-state index in [0.29, 0.717) is 59.1 Å². The summed E-state index contributed by atoms with van der Waals surface area (Å²) in [6.45, 7) is 22.8. The largest absolute Gasteiger partial charge is 0.390 e. The lowest BCUT2D eigenvalue weighted by molar-refractivity contribution is -0.246. The molecule has 7 aliphatic rings. The first-order chi connectivity index (χ1) is 20.6. The molecular weight excluding hydrogens is 550 g/mol. The molecule has 5 aliphatic carbocycles. The monoisotopic (exact) mass is 613 g/mol. The lowest BCUT2D eigenvalue weighted by Gasteiger charge is -2.63. The average molecular weight is 614 g/mol. The normalized spacial score (nSPS) is 51.6. The van der Waals surface area contributed by atoms with Gasteiger partial charge in [0, 0.05) is 12.5 Å². The zero-order valence-electron chi connectivity index (χ0n) is 29.4. The van der Waals surface area contributed by atoms with Crippen molar-refractivity contribution in [3.05, 3.63) is 0 Å². The van der Waals surface area contributed by atoms with Crippen molar-refractivity contribution in [1.29, 1.82) is 0 Å². The van der Waals surface area contributed by atoms with E-state index in [4.69, 9.17) is 14.2 Å². The molecule has 13 atom stereocenters. The minimum absolute atomic E-state index is 0.00633. The highest BCUT2D eigenvalue weighted by Gasteiger charge is 2.83. The van der Waals surface area contributed by atoms with E-state index in [2.05, 4.69) is 48.5 Å². The van der Waals surface area contributed by atoms with Gasteiger partial charge in [-0.05, 0) is 114 Å². The minimum atomic E-state index is -0.368. The van der Waals surface area contributed by atoms with Gasteiger partial charge in [-0.3, -0.25) is 4.79 Å². The van der Waals surface area contributed by atoms with Crippen molar-refractivity contribution >= 4 is 5.91 Å². The molecule has 2 heterocycles. The first kappa shape index (κ1) is 31.9. The zero-order chi connectivity index (χ0) is 31.6. The summed E-state index contributed by atoms with van der Waals surface area (Å²) in [7, 11) is 0. The van der Waals surface area contributed by atoms with Crippen LogP contribution in [0.3, 0.4) is 0 Å². The highest BCUT2D eigenvalue weighted by Crippen LogP contribution is 2.89. The molecule has 2 saturated heterocycles. The van der Waals surface area contributed by atoms with Crippen LogP contribution in [-0.4, -0.2) is 66.3 Å². The van der Waals surface area contributed by atoms with Gasteiger partial charge < -0.3 is 24.2 Å². The number of carbonyl (C=O) groups is 1. The molecule has 1 amide bonds. The topological polar surface area (TPSA) is 68.2 Å². The summed E-state index contributed by atoms with van der Waals surface area (Å²) in [5.74, 6) is 3.09. The molecule has 0 aromatic rings. The van der Waals surface area contributed by atoms with Gasteiger partial charge in [-0.25, -0.2) is 0 Å². The summed E-state index contributed by atoms with van der Waals surface area (Å²) in [4.78, 5) is 14.7. The van der Waals surface area contributed by atoms with Crippen LogP contribution in [0.5, 0.6) is 0 Å². The number of rotatable bonds is 5. The van der Waals surface area contributed by atoms with Gasteiger partial charge >= 0.3 is 0 Å². The Morgan fingerprint density at radius 3 is 2.36 bits per heavy atom. The van der Waals surface area contributed by atoms with Gasteiger partial charge in [-0.1, -0.05) is 62.3 Å². The number of nitrogens with zero attached hydrogens (tertiary/aromatic N) is 1. The second-order valence-corrected chi connectivity index (χ2v) is 18.6. The summed E-state index contributed by atoms with van der Waals surface area (Å²) in [6, 6.07) is 0. The number of morpholine rings is 1. The maximum atomic E-state index is 12.7.